The molecule has 0 aromatic heterocycles. The molecule has 1 unspecified atom stereocenters. The molecule has 3 aromatic carbocycles. The van der Waals surface area contributed by atoms with Crippen LogP contribution in [0.1, 0.15) is 47.6 Å². The Morgan fingerprint density at radius 3 is 2.53 bits per heavy atom. The summed E-state index contributed by atoms with van der Waals surface area (Å²) in [6.07, 6.45) is 1.70. The first-order valence-corrected chi connectivity index (χ1v) is 14.0. The summed E-state index contributed by atoms with van der Waals surface area (Å²) in [5.74, 6) is 0.904. The average molecular weight is 502 g/mol. The van der Waals surface area contributed by atoms with E-state index in [2.05, 4.69) is 84.6 Å². The second kappa shape index (κ2) is 11.2. The summed E-state index contributed by atoms with van der Waals surface area (Å²) in [6, 6.07) is 26.2. The van der Waals surface area contributed by atoms with E-state index in [9.17, 15) is 4.79 Å². The van der Waals surface area contributed by atoms with E-state index in [1.54, 1.807) is 0 Å². The minimum Gasteiger partial charge on any atom is -0.466 e. The van der Waals surface area contributed by atoms with Crippen LogP contribution in [0.15, 0.2) is 77.7 Å². The molecular weight excluding hydrogens is 466 g/mol. The van der Waals surface area contributed by atoms with Gasteiger partial charge in [-0.25, -0.2) is 0 Å². The van der Waals surface area contributed by atoms with Gasteiger partial charge in [0.25, 0.3) is 0 Å². The molecule has 2 aliphatic heterocycles. The molecule has 1 fully saturated rings. The third kappa shape index (κ3) is 4.97. The summed E-state index contributed by atoms with van der Waals surface area (Å²) in [7, 11) is 0. The summed E-state index contributed by atoms with van der Waals surface area (Å²) in [4.78, 5) is 15.8. The van der Waals surface area contributed by atoms with Gasteiger partial charge in [0.15, 0.2) is 0 Å². The van der Waals surface area contributed by atoms with Crippen LogP contribution in [0.3, 0.4) is 0 Å². The number of fused-ring (bicyclic) bond motifs is 2. The number of carbonyl (C=O) groups excluding carboxylic acids is 1. The number of piperidine rings is 1. The van der Waals surface area contributed by atoms with E-state index >= 15 is 0 Å². The topological polar surface area (TPSA) is 38.8 Å². The van der Waals surface area contributed by atoms with Crippen LogP contribution in [0.5, 0.6) is 0 Å². The van der Waals surface area contributed by atoms with Gasteiger partial charge < -0.3 is 14.4 Å². The van der Waals surface area contributed by atoms with Crippen molar-refractivity contribution in [3.05, 3.63) is 101 Å². The average Bonchev–Trinajstić information content (AvgIpc) is 3.05. The first-order chi connectivity index (χ1) is 17.6. The number of nitrogens with zero attached hydrogens (tertiary/aromatic N) is 1. The summed E-state index contributed by atoms with van der Waals surface area (Å²) in [5, 5.41) is 0. The lowest BCUT2D eigenvalue weighted by Gasteiger charge is -2.38. The molecule has 2 aliphatic rings. The van der Waals surface area contributed by atoms with Gasteiger partial charge in [-0.05, 0) is 68.1 Å². The van der Waals surface area contributed by atoms with Crippen molar-refractivity contribution < 1.29 is 14.3 Å². The van der Waals surface area contributed by atoms with E-state index in [1.807, 2.05) is 18.7 Å². The van der Waals surface area contributed by atoms with Crippen LogP contribution in [0.25, 0.3) is 0 Å². The zero-order valence-electron chi connectivity index (χ0n) is 21.2. The van der Waals surface area contributed by atoms with E-state index in [0.717, 1.165) is 43.8 Å². The molecule has 0 bridgehead atoms. The van der Waals surface area contributed by atoms with Gasteiger partial charge in [0.2, 0.25) is 0 Å². The van der Waals surface area contributed by atoms with E-state index in [4.69, 9.17) is 9.47 Å². The van der Waals surface area contributed by atoms with Gasteiger partial charge >= 0.3 is 5.97 Å². The molecule has 0 radical (unpaired) electrons. The fourth-order valence-electron chi connectivity index (χ4n) is 5.53. The Bertz CT molecular complexity index is 1190. The van der Waals surface area contributed by atoms with Crippen molar-refractivity contribution in [1.29, 1.82) is 0 Å². The highest BCUT2D eigenvalue weighted by Gasteiger charge is 2.42. The predicted octanol–water partition coefficient (Wildman–Crippen LogP) is 6.18. The minimum absolute atomic E-state index is 0.0265. The molecule has 0 aliphatic carbocycles. The Morgan fingerprint density at radius 2 is 1.75 bits per heavy atom. The van der Waals surface area contributed by atoms with Crippen LogP contribution in [-0.4, -0.2) is 43.7 Å². The van der Waals surface area contributed by atoms with Crippen molar-refractivity contribution in [3.63, 3.8) is 0 Å². The second-order valence-electron chi connectivity index (χ2n) is 9.71. The zero-order chi connectivity index (χ0) is 25.0. The molecule has 4 nitrogen and oxygen atoms in total. The number of thioether (sulfide) groups is 1. The highest BCUT2D eigenvalue weighted by Crippen LogP contribution is 2.49. The number of carbonyl (C=O) groups is 1. The molecule has 36 heavy (non-hydrogen) atoms. The van der Waals surface area contributed by atoms with Crippen LogP contribution >= 0.6 is 11.8 Å². The first kappa shape index (κ1) is 25.1. The van der Waals surface area contributed by atoms with Gasteiger partial charge in [0.05, 0.1) is 19.1 Å². The molecule has 1 atom stereocenters. The number of ether oxygens (including phenoxy) is 2. The zero-order valence-corrected chi connectivity index (χ0v) is 22.1. The summed E-state index contributed by atoms with van der Waals surface area (Å²) < 4.78 is 12.3. The third-order valence-electron chi connectivity index (χ3n) is 7.41. The van der Waals surface area contributed by atoms with Crippen molar-refractivity contribution in [3.8, 4) is 0 Å². The van der Waals surface area contributed by atoms with Crippen molar-refractivity contribution in [2.75, 3.05) is 32.8 Å². The fraction of sp³-hybridized carbons (Fsp3) is 0.387. The van der Waals surface area contributed by atoms with Gasteiger partial charge in [0, 0.05) is 22.8 Å². The summed E-state index contributed by atoms with van der Waals surface area (Å²) in [6.45, 7) is 7.71. The number of esters is 1. The fourth-order valence-corrected chi connectivity index (χ4v) is 6.73. The monoisotopic (exact) mass is 501 g/mol. The molecule has 0 spiro atoms. The number of benzene rings is 3. The van der Waals surface area contributed by atoms with Crippen molar-refractivity contribution in [2.45, 2.75) is 42.9 Å². The maximum atomic E-state index is 12.1. The van der Waals surface area contributed by atoms with E-state index in [0.29, 0.717) is 13.2 Å². The molecule has 0 amide bonds. The lowest BCUT2D eigenvalue weighted by atomic mass is 9.78. The van der Waals surface area contributed by atoms with Gasteiger partial charge in [-0.3, -0.25) is 4.79 Å². The SMILES string of the molecule is CCOC(=O)C1CCN(CCOC2(c3ccccc3)c3ccccc3CSc3cc(C)ccc32)CC1. The summed E-state index contributed by atoms with van der Waals surface area (Å²) >= 11 is 1.90. The van der Waals surface area contributed by atoms with Crippen LogP contribution in [0, 0.1) is 12.8 Å². The Kier molecular flexibility index (Phi) is 7.80. The van der Waals surface area contributed by atoms with Crippen LogP contribution < -0.4 is 0 Å². The highest BCUT2D eigenvalue weighted by molar-refractivity contribution is 7.98. The normalized spacial score (nSPS) is 20.3. The molecule has 5 heteroatoms. The van der Waals surface area contributed by atoms with Crippen molar-refractivity contribution >= 4 is 17.7 Å². The Balaban J connectivity index is 1.45. The maximum absolute atomic E-state index is 12.1. The van der Waals surface area contributed by atoms with Gasteiger partial charge in [-0.1, -0.05) is 66.7 Å². The standard InChI is InChI=1S/C31H35NO3S/c1-3-34-30(33)24-15-17-32(18-16-24)19-20-35-31(26-10-5-4-6-11-26)27-12-8-7-9-25(27)22-36-29-21-23(2)13-14-28(29)31/h4-14,21,24H,3,15-20,22H2,1-2H3. The lowest BCUT2D eigenvalue weighted by molar-refractivity contribution is -0.149. The molecule has 3 aromatic rings. The van der Waals surface area contributed by atoms with Crippen LogP contribution in [-0.2, 0) is 25.6 Å². The molecule has 5 rings (SSSR count). The number of aryl methyl sites for hydroxylation is 1. The van der Waals surface area contributed by atoms with Crippen LogP contribution in [0.4, 0.5) is 0 Å². The molecule has 0 N–H and O–H groups in total. The molecule has 188 valence electrons. The van der Waals surface area contributed by atoms with Gasteiger partial charge in [-0.15, -0.1) is 11.8 Å². The number of hydrogen-bond acceptors (Lipinski definition) is 5. The second-order valence-corrected chi connectivity index (χ2v) is 10.7. The van der Waals surface area contributed by atoms with Gasteiger partial charge in [0.1, 0.15) is 5.60 Å². The number of hydrogen-bond donors (Lipinski definition) is 0. The Morgan fingerprint density at radius 1 is 1.00 bits per heavy atom. The Labute approximate surface area is 219 Å². The first-order valence-electron chi connectivity index (χ1n) is 13.0. The lowest BCUT2D eigenvalue weighted by Crippen LogP contribution is -2.41. The minimum atomic E-state index is -0.673. The highest BCUT2D eigenvalue weighted by atomic mass is 32.2. The largest absolute Gasteiger partial charge is 0.466 e. The molecule has 0 saturated carbocycles. The van der Waals surface area contributed by atoms with E-state index in [1.165, 1.54) is 27.1 Å². The summed E-state index contributed by atoms with van der Waals surface area (Å²) in [5.41, 5.74) is 5.51. The van der Waals surface area contributed by atoms with Crippen molar-refractivity contribution in [1.82, 2.24) is 4.90 Å². The number of likely N-dealkylation sites (tertiary alicyclic amines) is 1. The maximum Gasteiger partial charge on any atom is 0.309 e. The number of rotatable bonds is 7. The predicted molar refractivity (Wildman–Crippen MR) is 145 cm³/mol. The van der Waals surface area contributed by atoms with Crippen LogP contribution in [0.2, 0.25) is 0 Å². The third-order valence-corrected chi connectivity index (χ3v) is 8.51. The van der Waals surface area contributed by atoms with Gasteiger partial charge in [-0.2, -0.15) is 0 Å². The van der Waals surface area contributed by atoms with Crippen molar-refractivity contribution in [2.24, 2.45) is 5.92 Å². The smallest absolute Gasteiger partial charge is 0.309 e. The van der Waals surface area contributed by atoms with E-state index in [-0.39, 0.29) is 11.9 Å². The quantitative estimate of drug-likeness (QED) is 0.361. The van der Waals surface area contributed by atoms with E-state index < -0.39 is 5.60 Å². The molecule has 1 saturated heterocycles. The molecule has 2 heterocycles. The Hall–Kier alpha value is -2.60. The molecular formula is C31H35NO3S.